The third-order valence-corrected chi connectivity index (χ3v) is 2.07. The highest BCUT2D eigenvalue weighted by atomic mass is 33.1. The van der Waals surface area contributed by atoms with Gasteiger partial charge in [-0.1, -0.05) is 10.8 Å². The van der Waals surface area contributed by atoms with Crippen molar-refractivity contribution in [1.82, 2.24) is 0 Å². The maximum absolute atomic E-state index is 9.01. The standard InChI is InChI=1S/C5H12O3S2/c1-3(6)5(8)4(7)2-10-9/h3-9H,2H2,1H3. The van der Waals surface area contributed by atoms with Crippen molar-refractivity contribution in [3.63, 3.8) is 0 Å². The number of rotatable bonds is 4. The average Bonchev–Trinajstić information content (AvgIpc) is 1.87. The van der Waals surface area contributed by atoms with Crippen LogP contribution in [0.2, 0.25) is 0 Å². The van der Waals surface area contributed by atoms with Crippen molar-refractivity contribution in [3.8, 4) is 0 Å². The van der Waals surface area contributed by atoms with E-state index in [1.165, 1.54) is 6.92 Å². The van der Waals surface area contributed by atoms with Crippen molar-refractivity contribution in [2.24, 2.45) is 0 Å². The predicted molar refractivity (Wildman–Crippen MR) is 45.1 cm³/mol. The van der Waals surface area contributed by atoms with Gasteiger partial charge in [0.05, 0.1) is 12.2 Å². The Kier molecular flexibility index (Phi) is 5.56. The third kappa shape index (κ3) is 3.68. The molecule has 0 bridgehead atoms. The van der Waals surface area contributed by atoms with Crippen LogP contribution in [0.3, 0.4) is 0 Å². The minimum atomic E-state index is -1.07. The number of aliphatic hydroxyl groups is 3. The minimum absolute atomic E-state index is 0.315. The summed E-state index contributed by atoms with van der Waals surface area (Å²) in [6.45, 7) is 1.43. The number of aliphatic hydroxyl groups excluding tert-OH is 3. The first-order chi connectivity index (χ1) is 4.59. The molecule has 3 nitrogen and oxygen atoms in total. The van der Waals surface area contributed by atoms with Gasteiger partial charge in [-0.2, -0.15) is 0 Å². The summed E-state index contributed by atoms with van der Waals surface area (Å²) in [6, 6.07) is 0. The molecule has 0 saturated heterocycles. The van der Waals surface area contributed by atoms with E-state index in [1.807, 2.05) is 0 Å². The van der Waals surface area contributed by atoms with E-state index < -0.39 is 18.3 Å². The van der Waals surface area contributed by atoms with Crippen LogP contribution >= 0.6 is 22.5 Å². The molecule has 0 spiro atoms. The smallest absolute Gasteiger partial charge is 0.106 e. The monoisotopic (exact) mass is 184 g/mol. The second kappa shape index (κ2) is 5.26. The van der Waals surface area contributed by atoms with Crippen molar-refractivity contribution in [3.05, 3.63) is 0 Å². The Hall–Kier alpha value is 0.580. The zero-order chi connectivity index (χ0) is 8.15. The van der Waals surface area contributed by atoms with Crippen LogP contribution in [0.5, 0.6) is 0 Å². The predicted octanol–water partition coefficient (Wildman–Crippen LogP) is -0.333. The summed E-state index contributed by atoms with van der Waals surface area (Å²) in [5, 5.41) is 26.8. The van der Waals surface area contributed by atoms with E-state index in [0.29, 0.717) is 5.75 Å². The lowest BCUT2D eigenvalue weighted by Crippen LogP contribution is -2.36. The summed E-state index contributed by atoms with van der Waals surface area (Å²) < 4.78 is 0. The lowest BCUT2D eigenvalue weighted by Gasteiger charge is -2.18. The first-order valence-corrected chi connectivity index (χ1v) is 4.94. The highest BCUT2D eigenvalue weighted by molar-refractivity contribution is 8.68. The van der Waals surface area contributed by atoms with Crippen LogP contribution in [0.25, 0.3) is 0 Å². The molecule has 0 aliphatic heterocycles. The summed E-state index contributed by atoms with van der Waals surface area (Å²) in [6.07, 6.45) is -2.86. The highest BCUT2D eigenvalue weighted by Gasteiger charge is 2.20. The summed E-state index contributed by atoms with van der Waals surface area (Å²) in [7, 11) is 1.13. The Morgan fingerprint density at radius 2 is 1.90 bits per heavy atom. The van der Waals surface area contributed by atoms with Gasteiger partial charge in [-0.05, 0) is 6.92 Å². The Bertz CT molecular complexity index is 89.0. The molecule has 0 radical (unpaired) electrons. The van der Waals surface area contributed by atoms with Gasteiger partial charge in [-0.25, -0.2) is 0 Å². The molecule has 0 aromatic carbocycles. The fourth-order valence-corrected chi connectivity index (χ4v) is 1.30. The molecule has 3 atom stereocenters. The van der Waals surface area contributed by atoms with Gasteiger partial charge >= 0.3 is 0 Å². The fraction of sp³-hybridized carbons (Fsp3) is 1.00. The largest absolute Gasteiger partial charge is 0.391 e. The van der Waals surface area contributed by atoms with E-state index in [1.54, 1.807) is 0 Å². The molecule has 0 rings (SSSR count). The highest BCUT2D eigenvalue weighted by Crippen LogP contribution is 2.10. The van der Waals surface area contributed by atoms with Crippen LogP contribution in [0, 0.1) is 0 Å². The van der Waals surface area contributed by atoms with Crippen molar-refractivity contribution in [2.45, 2.75) is 25.2 Å². The molecule has 0 heterocycles. The van der Waals surface area contributed by atoms with Crippen LogP contribution in [-0.4, -0.2) is 39.4 Å². The second-order valence-electron chi connectivity index (χ2n) is 2.09. The van der Waals surface area contributed by atoms with Crippen molar-refractivity contribution >= 4 is 22.5 Å². The molecule has 0 fully saturated rings. The van der Waals surface area contributed by atoms with Gasteiger partial charge in [0.2, 0.25) is 0 Å². The van der Waals surface area contributed by atoms with Gasteiger partial charge in [-0.15, -0.1) is 11.7 Å². The van der Waals surface area contributed by atoms with E-state index in [-0.39, 0.29) is 0 Å². The van der Waals surface area contributed by atoms with Gasteiger partial charge in [0.15, 0.2) is 0 Å². The molecule has 0 aromatic heterocycles. The lowest BCUT2D eigenvalue weighted by molar-refractivity contribution is -0.0418. The maximum Gasteiger partial charge on any atom is 0.106 e. The summed E-state index contributed by atoms with van der Waals surface area (Å²) in [5.74, 6) is 0.315. The molecule has 0 saturated carbocycles. The minimum Gasteiger partial charge on any atom is -0.391 e. The van der Waals surface area contributed by atoms with Gasteiger partial charge in [0, 0.05) is 5.75 Å². The van der Waals surface area contributed by atoms with Crippen molar-refractivity contribution in [1.29, 1.82) is 0 Å². The van der Waals surface area contributed by atoms with Crippen LogP contribution in [0.15, 0.2) is 0 Å². The molecular formula is C5H12O3S2. The number of hydrogen-bond acceptors (Lipinski definition) is 5. The van der Waals surface area contributed by atoms with E-state index in [0.717, 1.165) is 10.8 Å². The van der Waals surface area contributed by atoms with Gasteiger partial charge in [-0.3, -0.25) is 0 Å². The average molecular weight is 184 g/mol. The zero-order valence-electron chi connectivity index (χ0n) is 5.64. The molecule has 5 heteroatoms. The molecule has 0 amide bonds. The molecule has 0 aliphatic carbocycles. The van der Waals surface area contributed by atoms with Crippen LogP contribution < -0.4 is 0 Å². The van der Waals surface area contributed by atoms with E-state index in [4.69, 9.17) is 15.3 Å². The summed E-state index contributed by atoms with van der Waals surface area (Å²) in [5.41, 5.74) is 0. The Morgan fingerprint density at radius 1 is 1.40 bits per heavy atom. The molecule has 0 aromatic rings. The molecular weight excluding hydrogens is 172 g/mol. The topological polar surface area (TPSA) is 60.7 Å². The second-order valence-corrected chi connectivity index (χ2v) is 3.46. The molecule has 10 heavy (non-hydrogen) atoms. The summed E-state index contributed by atoms with van der Waals surface area (Å²) in [4.78, 5) is 0. The van der Waals surface area contributed by atoms with E-state index in [2.05, 4.69) is 11.7 Å². The first kappa shape index (κ1) is 10.6. The van der Waals surface area contributed by atoms with E-state index >= 15 is 0 Å². The quantitative estimate of drug-likeness (QED) is 0.357. The maximum atomic E-state index is 9.01. The molecule has 0 aliphatic rings. The summed E-state index contributed by atoms with van der Waals surface area (Å²) >= 11 is 3.79. The van der Waals surface area contributed by atoms with Gasteiger partial charge in [0.25, 0.3) is 0 Å². The van der Waals surface area contributed by atoms with Gasteiger partial charge < -0.3 is 15.3 Å². The van der Waals surface area contributed by atoms with Crippen LogP contribution in [-0.2, 0) is 0 Å². The third-order valence-electron chi connectivity index (χ3n) is 1.13. The van der Waals surface area contributed by atoms with E-state index in [9.17, 15) is 0 Å². The normalized spacial score (nSPS) is 20.1. The van der Waals surface area contributed by atoms with Crippen molar-refractivity contribution < 1.29 is 15.3 Å². The SMILES string of the molecule is CC(O)C(O)C(O)CSS. The number of hydrogen-bond donors (Lipinski definition) is 4. The Morgan fingerprint density at radius 3 is 2.20 bits per heavy atom. The first-order valence-electron chi connectivity index (χ1n) is 2.90. The van der Waals surface area contributed by atoms with Crippen molar-refractivity contribution in [2.75, 3.05) is 5.75 Å². The van der Waals surface area contributed by atoms with Gasteiger partial charge in [0.1, 0.15) is 6.10 Å². The molecule has 3 N–H and O–H groups in total. The number of thiol groups is 1. The van der Waals surface area contributed by atoms with Crippen LogP contribution in [0.1, 0.15) is 6.92 Å². The fourth-order valence-electron chi connectivity index (χ4n) is 0.496. The zero-order valence-corrected chi connectivity index (χ0v) is 7.35. The molecule has 62 valence electrons. The molecule has 3 unspecified atom stereocenters. The Labute approximate surface area is 69.3 Å². The van der Waals surface area contributed by atoms with Crippen LogP contribution in [0.4, 0.5) is 0 Å². The Balaban J connectivity index is 3.58. The lowest BCUT2D eigenvalue weighted by atomic mass is 10.1.